The third kappa shape index (κ3) is 6.61. The average Bonchev–Trinajstić information content (AvgIpc) is 2.79. The van der Waals surface area contributed by atoms with Gasteiger partial charge in [-0.15, -0.1) is 11.8 Å². The molecule has 1 amide bonds. The minimum absolute atomic E-state index is 0.0378. The van der Waals surface area contributed by atoms with E-state index in [9.17, 15) is 13.2 Å². The topological polar surface area (TPSA) is 75.3 Å². The summed E-state index contributed by atoms with van der Waals surface area (Å²) >= 11 is 1.68. The molecule has 3 aromatic carbocycles. The molecule has 0 spiro atoms. The second kappa shape index (κ2) is 10.7. The molecule has 32 heavy (non-hydrogen) atoms. The Morgan fingerprint density at radius 3 is 2.16 bits per heavy atom. The fraction of sp³-hybridized carbons (Fsp3) is 0.240. The molecule has 3 rings (SSSR count). The first-order valence-electron chi connectivity index (χ1n) is 10.4. The second-order valence-electron chi connectivity index (χ2n) is 7.68. The molecule has 0 aliphatic carbocycles. The molecule has 0 aliphatic heterocycles. The number of thioether (sulfide) groups is 1. The lowest BCUT2D eigenvalue weighted by molar-refractivity contribution is -0.121. The van der Waals surface area contributed by atoms with Crippen molar-refractivity contribution in [2.24, 2.45) is 0 Å². The number of carbonyl (C=O) groups is 1. The summed E-state index contributed by atoms with van der Waals surface area (Å²) in [5.74, 6) is -0.0378. The number of anilines is 1. The standard InChI is InChI=1S/C25H28N2O3S2/c1-18-4-11-22(12-5-18)27-32(29,30)24-15-6-20(7-16-24)8-17-25(28)26-19(2)21-9-13-23(31-3)14-10-21/h4-7,9-16,19,27H,8,17H2,1-3H3,(H,26,28)/t19-/m0/s1. The van der Waals surface area contributed by atoms with Gasteiger partial charge in [0.1, 0.15) is 0 Å². The number of benzene rings is 3. The third-order valence-electron chi connectivity index (χ3n) is 5.17. The van der Waals surface area contributed by atoms with E-state index in [4.69, 9.17) is 0 Å². The van der Waals surface area contributed by atoms with Gasteiger partial charge >= 0.3 is 0 Å². The van der Waals surface area contributed by atoms with Gasteiger partial charge in [-0.2, -0.15) is 0 Å². The van der Waals surface area contributed by atoms with E-state index in [-0.39, 0.29) is 16.8 Å². The van der Waals surface area contributed by atoms with E-state index < -0.39 is 10.0 Å². The zero-order chi connectivity index (χ0) is 23.1. The molecule has 3 aromatic rings. The Labute approximate surface area is 194 Å². The van der Waals surface area contributed by atoms with Gasteiger partial charge in [-0.3, -0.25) is 9.52 Å². The highest BCUT2D eigenvalue weighted by Gasteiger charge is 2.14. The third-order valence-corrected chi connectivity index (χ3v) is 7.31. The number of amides is 1. The van der Waals surface area contributed by atoms with Gasteiger partial charge in [0.25, 0.3) is 10.0 Å². The lowest BCUT2D eigenvalue weighted by Gasteiger charge is -2.15. The fourth-order valence-electron chi connectivity index (χ4n) is 3.22. The summed E-state index contributed by atoms with van der Waals surface area (Å²) < 4.78 is 27.7. The van der Waals surface area contributed by atoms with Crippen LogP contribution in [-0.2, 0) is 21.2 Å². The van der Waals surface area contributed by atoms with Crippen LogP contribution in [0.3, 0.4) is 0 Å². The number of carbonyl (C=O) groups excluding carboxylic acids is 1. The van der Waals surface area contributed by atoms with Gasteiger partial charge in [0.05, 0.1) is 10.9 Å². The summed E-state index contributed by atoms with van der Waals surface area (Å²) in [6.07, 6.45) is 2.90. The van der Waals surface area contributed by atoms with Crippen molar-refractivity contribution in [2.75, 3.05) is 11.0 Å². The summed E-state index contributed by atoms with van der Waals surface area (Å²) in [5.41, 5.74) is 3.55. The Kier molecular flexibility index (Phi) is 7.99. The van der Waals surface area contributed by atoms with Gasteiger partial charge in [-0.1, -0.05) is 42.0 Å². The van der Waals surface area contributed by atoms with Crippen LogP contribution in [0.2, 0.25) is 0 Å². The fourth-order valence-corrected chi connectivity index (χ4v) is 4.69. The molecule has 1 atom stereocenters. The zero-order valence-corrected chi connectivity index (χ0v) is 20.1. The lowest BCUT2D eigenvalue weighted by atomic mass is 10.1. The van der Waals surface area contributed by atoms with Crippen LogP contribution in [0.1, 0.15) is 36.1 Å². The van der Waals surface area contributed by atoms with E-state index in [1.807, 2.05) is 56.5 Å². The highest BCUT2D eigenvalue weighted by atomic mass is 32.2. The monoisotopic (exact) mass is 468 g/mol. The van der Waals surface area contributed by atoms with Crippen molar-refractivity contribution in [1.82, 2.24) is 5.32 Å². The number of rotatable bonds is 9. The molecule has 0 heterocycles. The van der Waals surface area contributed by atoms with Gasteiger partial charge in [-0.25, -0.2) is 8.42 Å². The summed E-state index contributed by atoms with van der Waals surface area (Å²) in [7, 11) is -3.66. The second-order valence-corrected chi connectivity index (χ2v) is 10.2. The number of hydrogen-bond donors (Lipinski definition) is 2. The minimum atomic E-state index is -3.66. The summed E-state index contributed by atoms with van der Waals surface area (Å²) in [4.78, 5) is 13.7. The Hall–Kier alpha value is -2.77. The first kappa shape index (κ1) is 23.9. The quantitative estimate of drug-likeness (QED) is 0.416. The number of nitrogens with one attached hydrogen (secondary N) is 2. The molecule has 0 radical (unpaired) electrons. The minimum Gasteiger partial charge on any atom is -0.350 e. The van der Waals surface area contributed by atoms with Crippen molar-refractivity contribution in [3.8, 4) is 0 Å². The van der Waals surface area contributed by atoms with Crippen molar-refractivity contribution in [1.29, 1.82) is 0 Å². The van der Waals surface area contributed by atoms with E-state index in [1.54, 1.807) is 48.2 Å². The van der Waals surface area contributed by atoms with E-state index in [1.165, 1.54) is 4.90 Å². The maximum absolute atomic E-state index is 12.6. The first-order chi connectivity index (χ1) is 15.3. The van der Waals surface area contributed by atoms with Crippen LogP contribution in [0.25, 0.3) is 0 Å². The van der Waals surface area contributed by atoms with Crippen LogP contribution < -0.4 is 10.0 Å². The molecule has 2 N–H and O–H groups in total. The predicted molar refractivity (Wildman–Crippen MR) is 132 cm³/mol. The summed E-state index contributed by atoms with van der Waals surface area (Å²) in [6.45, 7) is 3.91. The lowest BCUT2D eigenvalue weighted by Crippen LogP contribution is -2.26. The van der Waals surface area contributed by atoms with Crippen molar-refractivity contribution >= 4 is 33.4 Å². The van der Waals surface area contributed by atoms with E-state index in [0.29, 0.717) is 18.5 Å². The van der Waals surface area contributed by atoms with Crippen molar-refractivity contribution in [3.05, 3.63) is 89.5 Å². The maximum Gasteiger partial charge on any atom is 0.261 e. The molecule has 0 aromatic heterocycles. The molecule has 0 unspecified atom stereocenters. The SMILES string of the molecule is CSc1ccc([C@H](C)NC(=O)CCc2ccc(S(=O)(=O)Nc3ccc(C)cc3)cc2)cc1. The number of hydrogen-bond acceptors (Lipinski definition) is 4. The van der Waals surface area contributed by atoms with Crippen molar-refractivity contribution in [3.63, 3.8) is 0 Å². The molecular weight excluding hydrogens is 440 g/mol. The molecule has 0 saturated heterocycles. The molecule has 5 nitrogen and oxygen atoms in total. The van der Waals surface area contributed by atoms with Crippen LogP contribution >= 0.6 is 11.8 Å². The number of sulfonamides is 1. The molecule has 0 bridgehead atoms. The predicted octanol–water partition coefficient (Wildman–Crippen LogP) is 5.33. The smallest absolute Gasteiger partial charge is 0.261 e. The molecule has 0 fully saturated rings. The van der Waals surface area contributed by atoms with Crippen molar-refractivity contribution < 1.29 is 13.2 Å². The Morgan fingerprint density at radius 1 is 0.938 bits per heavy atom. The highest BCUT2D eigenvalue weighted by molar-refractivity contribution is 7.98. The number of aryl methyl sites for hydroxylation is 2. The maximum atomic E-state index is 12.6. The zero-order valence-electron chi connectivity index (χ0n) is 18.5. The van der Waals surface area contributed by atoms with Crippen LogP contribution in [0, 0.1) is 6.92 Å². The Balaban J connectivity index is 1.53. The Morgan fingerprint density at radius 2 is 1.56 bits per heavy atom. The van der Waals surface area contributed by atoms with Crippen LogP contribution in [0.15, 0.2) is 82.6 Å². The van der Waals surface area contributed by atoms with E-state index >= 15 is 0 Å². The van der Waals surface area contributed by atoms with E-state index in [0.717, 1.165) is 16.7 Å². The molecule has 7 heteroatoms. The van der Waals surface area contributed by atoms with Crippen LogP contribution in [0.5, 0.6) is 0 Å². The normalized spacial score (nSPS) is 12.2. The molecule has 0 saturated carbocycles. The molecule has 0 aliphatic rings. The van der Waals surface area contributed by atoms with Crippen molar-refractivity contribution in [2.45, 2.75) is 42.5 Å². The van der Waals surface area contributed by atoms with Gasteiger partial charge in [0.15, 0.2) is 0 Å². The average molecular weight is 469 g/mol. The Bertz CT molecular complexity index is 1140. The first-order valence-corrected chi connectivity index (χ1v) is 13.1. The van der Waals surface area contributed by atoms with Gasteiger partial charge in [0, 0.05) is 17.0 Å². The van der Waals surface area contributed by atoms with Crippen LogP contribution in [-0.4, -0.2) is 20.6 Å². The van der Waals surface area contributed by atoms with E-state index in [2.05, 4.69) is 10.0 Å². The highest BCUT2D eigenvalue weighted by Crippen LogP contribution is 2.20. The van der Waals surface area contributed by atoms with Gasteiger partial charge in [-0.05, 0) is 74.0 Å². The largest absolute Gasteiger partial charge is 0.350 e. The molecular formula is C25H28N2O3S2. The summed E-state index contributed by atoms with van der Waals surface area (Å²) in [5, 5.41) is 3.02. The molecule has 168 valence electrons. The van der Waals surface area contributed by atoms with Gasteiger partial charge < -0.3 is 5.32 Å². The summed E-state index contributed by atoms with van der Waals surface area (Å²) in [6, 6.07) is 21.9. The van der Waals surface area contributed by atoms with Gasteiger partial charge in [0.2, 0.25) is 5.91 Å². The van der Waals surface area contributed by atoms with Crippen LogP contribution in [0.4, 0.5) is 5.69 Å².